The van der Waals surface area contributed by atoms with Gasteiger partial charge < -0.3 is 10.7 Å². The van der Waals surface area contributed by atoms with E-state index in [2.05, 4.69) is 20.6 Å². The molecular formula is C14H15N7O2S. The second kappa shape index (κ2) is 5.92. The molecule has 0 atom stereocenters. The summed E-state index contributed by atoms with van der Waals surface area (Å²) in [6.07, 6.45) is 3.37. The molecule has 24 heavy (non-hydrogen) atoms. The van der Waals surface area contributed by atoms with Gasteiger partial charge in [-0.05, 0) is 23.8 Å². The first kappa shape index (κ1) is 15.9. The SMILES string of the molecule is NN/N=C(\N)c1c(-c2cnc3[nH]ccc3c2)cccc1S(N)(=O)=O. The summed E-state index contributed by atoms with van der Waals surface area (Å²) >= 11 is 0. The normalized spacial score (nSPS) is 12.5. The Hall–Kier alpha value is -2.95. The van der Waals surface area contributed by atoms with E-state index in [0.717, 1.165) is 5.39 Å². The van der Waals surface area contributed by atoms with Gasteiger partial charge in [-0.15, -0.1) is 5.10 Å². The summed E-state index contributed by atoms with van der Waals surface area (Å²) in [7, 11) is -4.01. The molecule has 0 aliphatic rings. The van der Waals surface area contributed by atoms with Crippen LogP contribution >= 0.6 is 0 Å². The molecule has 0 spiro atoms. The maximum absolute atomic E-state index is 11.9. The minimum absolute atomic E-state index is 0.105. The zero-order chi connectivity index (χ0) is 17.3. The molecule has 0 aliphatic heterocycles. The van der Waals surface area contributed by atoms with Crippen LogP contribution in [0.5, 0.6) is 0 Å². The Balaban J connectivity index is 2.32. The van der Waals surface area contributed by atoms with E-state index in [9.17, 15) is 8.42 Å². The highest BCUT2D eigenvalue weighted by atomic mass is 32.2. The third-order valence-electron chi connectivity index (χ3n) is 3.49. The first-order valence-corrected chi connectivity index (χ1v) is 8.35. The maximum atomic E-state index is 11.9. The molecule has 124 valence electrons. The largest absolute Gasteiger partial charge is 0.382 e. The topological polar surface area (TPSA) is 165 Å². The number of fused-ring (bicyclic) bond motifs is 1. The number of pyridine rings is 1. The number of hydrazine groups is 1. The number of hydrazone groups is 1. The van der Waals surface area contributed by atoms with Crippen LogP contribution in [0.15, 0.2) is 52.7 Å². The molecule has 0 unspecified atom stereocenters. The third-order valence-corrected chi connectivity index (χ3v) is 4.44. The van der Waals surface area contributed by atoms with Crippen LogP contribution < -0.4 is 22.3 Å². The molecule has 0 bridgehead atoms. The number of aromatic amines is 1. The molecule has 0 radical (unpaired) electrons. The highest BCUT2D eigenvalue weighted by molar-refractivity contribution is 7.89. The molecule has 0 aliphatic carbocycles. The van der Waals surface area contributed by atoms with Crippen LogP contribution in [0.2, 0.25) is 0 Å². The van der Waals surface area contributed by atoms with Gasteiger partial charge in [0.1, 0.15) is 5.65 Å². The summed E-state index contributed by atoms with van der Waals surface area (Å²) in [5, 5.41) is 9.85. The van der Waals surface area contributed by atoms with Crippen molar-refractivity contribution in [3.05, 3.63) is 48.3 Å². The van der Waals surface area contributed by atoms with Crippen molar-refractivity contribution in [2.24, 2.45) is 21.8 Å². The molecular weight excluding hydrogens is 330 g/mol. The number of rotatable bonds is 4. The summed E-state index contributed by atoms with van der Waals surface area (Å²) in [5.74, 6) is 5.06. The number of H-pyrrole nitrogens is 1. The molecule has 1 aromatic carbocycles. The number of nitrogens with two attached hydrogens (primary N) is 3. The predicted molar refractivity (Wildman–Crippen MR) is 91.0 cm³/mol. The van der Waals surface area contributed by atoms with Gasteiger partial charge in [0.2, 0.25) is 10.0 Å². The van der Waals surface area contributed by atoms with Crippen molar-refractivity contribution in [1.29, 1.82) is 0 Å². The lowest BCUT2D eigenvalue weighted by Gasteiger charge is -2.13. The molecule has 10 heteroatoms. The van der Waals surface area contributed by atoms with Gasteiger partial charge in [0.05, 0.1) is 4.90 Å². The number of hydrogen-bond acceptors (Lipinski definition) is 6. The number of primary sulfonamides is 1. The summed E-state index contributed by atoms with van der Waals surface area (Å²) in [4.78, 5) is 7.14. The van der Waals surface area contributed by atoms with E-state index in [1.54, 1.807) is 24.5 Å². The Morgan fingerprint density at radius 3 is 2.79 bits per heavy atom. The lowest BCUT2D eigenvalue weighted by atomic mass is 9.99. The monoisotopic (exact) mass is 345 g/mol. The molecule has 8 N–H and O–H groups in total. The Labute approximate surface area is 137 Å². The number of hydrogen-bond donors (Lipinski definition) is 5. The molecule has 0 amide bonds. The average molecular weight is 345 g/mol. The highest BCUT2D eigenvalue weighted by Gasteiger charge is 2.21. The van der Waals surface area contributed by atoms with Crippen LogP contribution in [0.3, 0.4) is 0 Å². The third kappa shape index (κ3) is 2.80. The Morgan fingerprint density at radius 1 is 1.29 bits per heavy atom. The van der Waals surface area contributed by atoms with Gasteiger partial charge in [0.15, 0.2) is 5.84 Å². The second-order valence-electron chi connectivity index (χ2n) is 4.99. The smallest absolute Gasteiger partial charge is 0.238 e. The average Bonchev–Trinajstić information content (AvgIpc) is 3.01. The lowest BCUT2D eigenvalue weighted by Crippen LogP contribution is -2.26. The first-order chi connectivity index (χ1) is 11.4. The fraction of sp³-hybridized carbons (Fsp3) is 0. The Bertz CT molecular complexity index is 1040. The Kier molecular flexibility index (Phi) is 3.93. The zero-order valence-corrected chi connectivity index (χ0v) is 13.2. The summed E-state index contributed by atoms with van der Waals surface area (Å²) in [5.41, 5.74) is 10.0. The highest BCUT2D eigenvalue weighted by Crippen LogP contribution is 2.29. The summed E-state index contributed by atoms with van der Waals surface area (Å²) < 4.78 is 23.8. The van der Waals surface area contributed by atoms with Crippen molar-refractivity contribution in [3.63, 3.8) is 0 Å². The number of aromatic nitrogens is 2. The first-order valence-electron chi connectivity index (χ1n) is 6.80. The molecule has 3 aromatic rings. The van der Waals surface area contributed by atoms with Crippen molar-refractivity contribution < 1.29 is 8.42 Å². The van der Waals surface area contributed by atoms with E-state index in [1.165, 1.54) is 6.07 Å². The molecule has 3 rings (SSSR count). The van der Waals surface area contributed by atoms with Gasteiger partial charge in [-0.1, -0.05) is 12.1 Å². The van der Waals surface area contributed by atoms with Crippen LogP contribution in [-0.4, -0.2) is 24.2 Å². The Morgan fingerprint density at radius 2 is 2.08 bits per heavy atom. The van der Waals surface area contributed by atoms with Crippen molar-refractivity contribution in [2.75, 3.05) is 0 Å². The molecule has 0 saturated heterocycles. The van der Waals surface area contributed by atoms with E-state index in [1.807, 2.05) is 12.1 Å². The number of nitrogens with one attached hydrogen (secondary N) is 2. The standard InChI is InChI=1S/C14H15N7O2S/c15-13(20-21-16)12-10(2-1-3-11(12)24(17,22)23)9-6-8-4-5-18-14(8)19-7-9/h1-7,21H,16H2,(H2,15,20)(H,18,19)(H2,17,22,23). The maximum Gasteiger partial charge on any atom is 0.238 e. The molecule has 0 fully saturated rings. The van der Waals surface area contributed by atoms with Crippen LogP contribution in [-0.2, 0) is 10.0 Å². The second-order valence-corrected chi connectivity index (χ2v) is 6.52. The van der Waals surface area contributed by atoms with E-state index in [-0.39, 0.29) is 16.3 Å². The van der Waals surface area contributed by atoms with Crippen molar-refractivity contribution in [2.45, 2.75) is 4.90 Å². The number of amidine groups is 1. The fourth-order valence-corrected chi connectivity index (χ4v) is 3.25. The number of sulfonamides is 1. The van der Waals surface area contributed by atoms with E-state index >= 15 is 0 Å². The lowest BCUT2D eigenvalue weighted by molar-refractivity contribution is 0.597. The number of benzene rings is 1. The van der Waals surface area contributed by atoms with E-state index < -0.39 is 10.0 Å². The fourth-order valence-electron chi connectivity index (χ4n) is 2.49. The van der Waals surface area contributed by atoms with Crippen molar-refractivity contribution in [1.82, 2.24) is 15.5 Å². The minimum Gasteiger partial charge on any atom is -0.382 e. The van der Waals surface area contributed by atoms with Gasteiger partial charge in [-0.2, -0.15) is 0 Å². The minimum atomic E-state index is -4.01. The van der Waals surface area contributed by atoms with Crippen LogP contribution in [0, 0.1) is 0 Å². The summed E-state index contributed by atoms with van der Waals surface area (Å²) in [6, 6.07) is 8.35. The van der Waals surface area contributed by atoms with E-state index in [0.29, 0.717) is 16.8 Å². The number of nitrogens with zero attached hydrogens (tertiary/aromatic N) is 2. The predicted octanol–water partition coefficient (Wildman–Crippen LogP) is -0.0391. The van der Waals surface area contributed by atoms with Gasteiger partial charge in [0.25, 0.3) is 0 Å². The van der Waals surface area contributed by atoms with E-state index in [4.69, 9.17) is 16.7 Å². The molecule has 9 nitrogen and oxygen atoms in total. The van der Waals surface area contributed by atoms with Crippen molar-refractivity contribution in [3.8, 4) is 11.1 Å². The van der Waals surface area contributed by atoms with Gasteiger partial charge in [-0.25, -0.2) is 29.9 Å². The molecule has 0 saturated carbocycles. The van der Waals surface area contributed by atoms with Gasteiger partial charge in [0, 0.05) is 28.9 Å². The summed E-state index contributed by atoms with van der Waals surface area (Å²) in [6.45, 7) is 0. The van der Waals surface area contributed by atoms with Crippen molar-refractivity contribution >= 4 is 26.9 Å². The van der Waals surface area contributed by atoms with Crippen LogP contribution in [0.25, 0.3) is 22.2 Å². The molecule has 2 aromatic heterocycles. The van der Waals surface area contributed by atoms with Crippen LogP contribution in [0.4, 0.5) is 0 Å². The quantitative estimate of drug-likeness (QED) is 0.193. The van der Waals surface area contributed by atoms with Crippen LogP contribution in [0.1, 0.15) is 5.56 Å². The molecule has 2 heterocycles. The zero-order valence-electron chi connectivity index (χ0n) is 12.4. The van der Waals surface area contributed by atoms with Gasteiger partial charge in [-0.3, -0.25) is 0 Å². The van der Waals surface area contributed by atoms with Gasteiger partial charge >= 0.3 is 0 Å².